The molecule has 0 radical (unpaired) electrons. The molecule has 2 aliphatic rings. The fraction of sp³-hybridized carbons (Fsp3) is 0.333. The number of likely N-dealkylation sites (tertiary alicyclic amines) is 1. The lowest BCUT2D eigenvalue weighted by Crippen LogP contribution is -2.31. The molecule has 4 rings (SSSR count). The predicted octanol–water partition coefficient (Wildman–Crippen LogP) is 2.09. The molecule has 6 heteroatoms. The molecule has 0 saturated carbocycles. The number of hydrogen-bond acceptors (Lipinski definition) is 4. The number of aromatic nitrogens is 1. The SMILES string of the molecule is Cn1cc(C(=O)N2CCC[C@H]2c2ccc3c(c2)OCO3)ccc1=O. The van der Waals surface area contributed by atoms with E-state index in [1.165, 1.54) is 10.6 Å². The summed E-state index contributed by atoms with van der Waals surface area (Å²) in [5.41, 5.74) is 1.46. The van der Waals surface area contributed by atoms with Gasteiger partial charge in [0.25, 0.3) is 5.91 Å². The summed E-state index contributed by atoms with van der Waals surface area (Å²) in [4.78, 5) is 26.3. The Bertz CT molecular complexity index is 858. The molecule has 2 aromatic rings. The summed E-state index contributed by atoms with van der Waals surface area (Å²) in [6.07, 6.45) is 3.47. The van der Waals surface area contributed by atoms with Crippen LogP contribution < -0.4 is 15.0 Å². The summed E-state index contributed by atoms with van der Waals surface area (Å²) in [6, 6.07) is 8.89. The van der Waals surface area contributed by atoms with E-state index in [1.807, 2.05) is 23.1 Å². The number of pyridine rings is 1. The molecule has 6 nitrogen and oxygen atoms in total. The van der Waals surface area contributed by atoms with E-state index in [-0.39, 0.29) is 24.3 Å². The van der Waals surface area contributed by atoms with Gasteiger partial charge in [0.15, 0.2) is 11.5 Å². The van der Waals surface area contributed by atoms with Gasteiger partial charge in [-0.2, -0.15) is 0 Å². The molecular formula is C18H18N2O4. The maximum Gasteiger partial charge on any atom is 0.255 e. The molecule has 2 aliphatic heterocycles. The molecule has 0 bridgehead atoms. The second kappa shape index (κ2) is 5.70. The van der Waals surface area contributed by atoms with Crippen LogP contribution in [0, 0.1) is 0 Å². The minimum atomic E-state index is -0.125. The summed E-state index contributed by atoms with van der Waals surface area (Å²) in [5, 5.41) is 0. The molecule has 24 heavy (non-hydrogen) atoms. The van der Waals surface area contributed by atoms with E-state index < -0.39 is 0 Å². The Kier molecular flexibility index (Phi) is 3.52. The van der Waals surface area contributed by atoms with Crippen LogP contribution in [0.2, 0.25) is 0 Å². The van der Waals surface area contributed by atoms with E-state index in [1.54, 1.807) is 19.3 Å². The zero-order valence-electron chi connectivity index (χ0n) is 13.4. The first kappa shape index (κ1) is 14.8. The number of carbonyl (C=O) groups excluding carboxylic acids is 1. The van der Waals surface area contributed by atoms with Crippen LogP contribution in [0.5, 0.6) is 11.5 Å². The van der Waals surface area contributed by atoms with Gasteiger partial charge >= 0.3 is 0 Å². The van der Waals surface area contributed by atoms with Crippen molar-refractivity contribution in [3.8, 4) is 11.5 Å². The molecule has 1 aromatic carbocycles. The summed E-state index contributed by atoms with van der Waals surface area (Å²) in [7, 11) is 1.65. The van der Waals surface area contributed by atoms with Gasteiger partial charge in [-0.15, -0.1) is 0 Å². The topological polar surface area (TPSA) is 60.8 Å². The van der Waals surface area contributed by atoms with Crippen LogP contribution in [0.25, 0.3) is 0 Å². The lowest BCUT2D eigenvalue weighted by Gasteiger charge is -2.25. The first-order chi connectivity index (χ1) is 11.6. The average Bonchev–Trinajstić information content (AvgIpc) is 3.24. The Morgan fingerprint density at radius 3 is 2.83 bits per heavy atom. The van der Waals surface area contributed by atoms with Crippen molar-refractivity contribution >= 4 is 5.91 Å². The third kappa shape index (κ3) is 2.44. The van der Waals surface area contributed by atoms with Crippen LogP contribution in [0.3, 0.4) is 0 Å². The van der Waals surface area contributed by atoms with Crippen LogP contribution in [0.4, 0.5) is 0 Å². The summed E-state index contributed by atoms with van der Waals surface area (Å²) >= 11 is 0. The van der Waals surface area contributed by atoms with Gasteiger partial charge in [0, 0.05) is 25.9 Å². The molecule has 1 atom stereocenters. The Balaban J connectivity index is 1.63. The quantitative estimate of drug-likeness (QED) is 0.848. The zero-order chi connectivity index (χ0) is 16.7. The van der Waals surface area contributed by atoms with Crippen molar-refractivity contribution in [1.82, 2.24) is 9.47 Å². The predicted molar refractivity (Wildman–Crippen MR) is 87.3 cm³/mol. The maximum atomic E-state index is 12.9. The number of aryl methyl sites for hydroxylation is 1. The lowest BCUT2D eigenvalue weighted by atomic mass is 10.0. The highest BCUT2D eigenvalue weighted by molar-refractivity contribution is 5.94. The molecular weight excluding hydrogens is 308 g/mol. The van der Waals surface area contributed by atoms with Crippen molar-refractivity contribution in [3.05, 3.63) is 58.0 Å². The third-order valence-corrected chi connectivity index (χ3v) is 4.63. The normalized spacial score (nSPS) is 18.9. The molecule has 1 fully saturated rings. The fourth-order valence-electron chi connectivity index (χ4n) is 3.36. The second-order valence-corrected chi connectivity index (χ2v) is 6.14. The fourth-order valence-corrected chi connectivity index (χ4v) is 3.36. The number of benzene rings is 1. The Labute approximate surface area is 139 Å². The molecule has 1 aromatic heterocycles. The van der Waals surface area contributed by atoms with E-state index in [2.05, 4.69) is 0 Å². The minimum absolute atomic E-state index is 0.0178. The van der Waals surface area contributed by atoms with Crippen molar-refractivity contribution in [1.29, 1.82) is 0 Å². The molecule has 3 heterocycles. The summed E-state index contributed by atoms with van der Waals surface area (Å²) in [6.45, 7) is 0.949. The van der Waals surface area contributed by atoms with Crippen molar-refractivity contribution in [2.75, 3.05) is 13.3 Å². The first-order valence-electron chi connectivity index (χ1n) is 8.01. The van der Waals surface area contributed by atoms with Gasteiger partial charge < -0.3 is 18.9 Å². The summed E-state index contributed by atoms with van der Waals surface area (Å²) in [5.74, 6) is 1.42. The number of nitrogens with zero attached hydrogens (tertiary/aromatic N) is 2. The standard InChI is InChI=1S/C18H18N2O4/c1-19-10-13(5-7-17(19)21)18(22)20-8-2-3-14(20)12-4-6-15-16(9-12)24-11-23-15/h4-7,9-10,14H,2-3,8,11H2,1H3/t14-/m0/s1. The molecule has 1 amide bonds. The highest BCUT2D eigenvalue weighted by Crippen LogP contribution is 2.39. The monoisotopic (exact) mass is 326 g/mol. The number of ether oxygens (including phenoxy) is 2. The molecule has 0 N–H and O–H groups in total. The van der Waals surface area contributed by atoms with Crippen LogP contribution in [-0.4, -0.2) is 28.7 Å². The maximum absolute atomic E-state index is 12.9. The van der Waals surface area contributed by atoms with Crippen LogP contribution in [-0.2, 0) is 7.05 Å². The van der Waals surface area contributed by atoms with Gasteiger partial charge in [-0.3, -0.25) is 9.59 Å². The van der Waals surface area contributed by atoms with Crippen LogP contribution in [0.1, 0.15) is 34.8 Å². The van der Waals surface area contributed by atoms with Gasteiger partial charge in [0.1, 0.15) is 0 Å². The number of amides is 1. The zero-order valence-corrected chi connectivity index (χ0v) is 13.4. The van der Waals surface area contributed by atoms with E-state index >= 15 is 0 Å². The van der Waals surface area contributed by atoms with Gasteiger partial charge in [0.05, 0.1) is 11.6 Å². The Hall–Kier alpha value is -2.76. The van der Waals surface area contributed by atoms with Crippen molar-refractivity contribution < 1.29 is 14.3 Å². The van der Waals surface area contributed by atoms with Crippen molar-refractivity contribution in [2.45, 2.75) is 18.9 Å². The van der Waals surface area contributed by atoms with Gasteiger partial charge in [0.2, 0.25) is 12.4 Å². The molecule has 0 spiro atoms. The second-order valence-electron chi connectivity index (χ2n) is 6.14. The Morgan fingerprint density at radius 2 is 2.00 bits per heavy atom. The number of fused-ring (bicyclic) bond motifs is 1. The third-order valence-electron chi connectivity index (χ3n) is 4.63. The Morgan fingerprint density at radius 1 is 1.17 bits per heavy atom. The molecule has 0 unspecified atom stereocenters. The number of rotatable bonds is 2. The number of hydrogen-bond donors (Lipinski definition) is 0. The molecule has 0 aliphatic carbocycles. The van der Waals surface area contributed by atoms with E-state index in [0.29, 0.717) is 12.1 Å². The first-order valence-corrected chi connectivity index (χ1v) is 8.01. The summed E-state index contributed by atoms with van der Waals surface area (Å²) < 4.78 is 12.2. The van der Waals surface area contributed by atoms with Gasteiger partial charge in [-0.05, 0) is 36.6 Å². The van der Waals surface area contributed by atoms with Crippen molar-refractivity contribution in [3.63, 3.8) is 0 Å². The largest absolute Gasteiger partial charge is 0.454 e. The van der Waals surface area contributed by atoms with Crippen molar-refractivity contribution in [2.24, 2.45) is 7.05 Å². The van der Waals surface area contributed by atoms with Crippen LogP contribution in [0.15, 0.2) is 41.3 Å². The highest BCUT2D eigenvalue weighted by Gasteiger charge is 2.31. The smallest absolute Gasteiger partial charge is 0.255 e. The van der Waals surface area contributed by atoms with Gasteiger partial charge in [-0.25, -0.2) is 0 Å². The highest BCUT2D eigenvalue weighted by atomic mass is 16.7. The molecule has 1 saturated heterocycles. The lowest BCUT2D eigenvalue weighted by molar-refractivity contribution is 0.0734. The molecule has 124 valence electrons. The van der Waals surface area contributed by atoms with E-state index in [4.69, 9.17) is 9.47 Å². The van der Waals surface area contributed by atoms with E-state index in [0.717, 1.165) is 29.9 Å². The van der Waals surface area contributed by atoms with E-state index in [9.17, 15) is 9.59 Å². The van der Waals surface area contributed by atoms with Crippen LogP contribution >= 0.6 is 0 Å². The average molecular weight is 326 g/mol. The minimum Gasteiger partial charge on any atom is -0.454 e. The van der Waals surface area contributed by atoms with Gasteiger partial charge in [-0.1, -0.05) is 6.07 Å². The number of carbonyl (C=O) groups is 1.